The van der Waals surface area contributed by atoms with Crippen LogP contribution in [0.1, 0.15) is 36.1 Å². The minimum Gasteiger partial charge on any atom is -0.406 e. The largest absolute Gasteiger partial charge is 0.573 e. The third-order valence-corrected chi connectivity index (χ3v) is 3.75. The fourth-order valence-corrected chi connectivity index (χ4v) is 2.37. The maximum absolute atomic E-state index is 12.1. The Hall–Kier alpha value is -2.50. The molecule has 0 aliphatic carbocycles. The molecular weight excluding hydrogens is 331 g/mol. The van der Waals surface area contributed by atoms with Crippen LogP contribution in [-0.2, 0) is 11.2 Å². The Morgan fingerprint density at radius 1 is 1.08 bits per heavy atom. The highest BCUT2D eigenvalue weighted by atomic mass is 19.4. The van der Waals surface area contributed by atoms with Gasteiger partial charge < -0.3 is 10.1 Å². The Kier molecular flexibility index (Phi) is 6.07. The molecule has 2 aromatic rings. The van der Waals surface area contributed by atoms with Gasteiger partial charge in [0.15, 0.2) is 0 Å². The zero-order valence-corrected chi connectivity index (χ0v) is 14.1. The van der Waals surface area contributed by atoms with E-state index in [1.165, 1.54) is 29.8 Å². The second kappa shape index (κ2) is 8.05. The van der Waals surface area contributed by atoms with E-state index in [2.05, 4.69) is 10.1 Å². The van der Waals surface area contributed by atoms with Crippen molar-refractivity contribution < 1.29 is 22.7 Å². The lowest BCUT2D eigenvalue weighted by Gasteiger charge is -2.15. The van der Waals surface area contributed by atoms with E-state index >= 15 is 0 Å². The van der Waals surface area contributed by atoms with Crippen LogP contribution in [0.25, 0.3) is 0 Å². The molecule has 0 fully saturated rings. The van der Waals surface area contributed by atoms with Crippen molar-refractivity contribution in [2.24, 2.45) is 0 Å². The average Bonchev–Trinajstić information content (AvgIpc) is 2.53. The lowest BCUT2D eigenvalue weighted by atomic mass is 10.1. The maximum Gasteiger partial charge on any atom is 0.573 e. The van der Waals surface area contributed by atoms with Crippen molar-refractivity contribution in [3.63, 3.8) is 0 Å². The number of hydrogen-bond acceptors (Lipinski definition) is 2. The first-order valence-corrected chi connectivity index (χ1v) is 7.93. The number of hydrogen-bond donors (Lipinski definition) is 1. The topological polar surface area (TPSA) is 38.3 Å². The quantitative estimate of drug-likeness (QED) is 0.819. The zero-order chi connectivity index (χ0) is 18.4. The van der Waals surface area contributed by atoms with Gasteiger partial charge in [0.25, 0.3) is 0 Å². The van der Waals surface area contributed by atoms with E-state index < -0.39 is 6.36 Å². The van der Waals surface area contributed by atoms with Crippen LogP contribution >= 0.6 is 0 Å². The van der Waals surface area contributed by atoms with Gasteiger partial charge in [0.05, 0.1) is 6.04 Å². The first kappa shape index (κ1) is 18.8. The molecule has 2 rings (SSSR count). The van der Waals surface area contributed by atoms with E-state index in [4.69, 9.17) is 0 Å². The summed E-state index contributed by atoms with van der Waals surface area (Å²) >= 11 is 0. The van der Waals surface area contributed by atoms with Gasteiger partial charge >= 0.3 is 6.36 Å². The Labute approximate surface area is 144 Å². The molecule has 0 aromatic heterocycles. The fraction of sp³-hybridized carbons (Fsp3) is 0.316. The molecule has 0 spiro atoms. The molecule has 0 saturated carbocycles. The van der Waals surface area contributed by atoms with Crippen molar-refractivity contribution in [3.05, 3.63) is 65.2 Å². The summed E-state index contributed by atoms with van der Waals surface area (Å²) in [6, 6.07) is 13.2. The molecule has 6 heteroatoms. The van der Waals surface area contributed by atoms with Crippen LogP contribution in [0.5, 0.6) is 5.75 Å². The molecule has 0 aliphatic heterocycles. The summed E-state index contributed by atoms with van der Waals surface area (Å²) in [4.78, 5) is 12.0. The average molecular weight is 351 g/mol. The molecule has 1 amide bonds. The number of halogens is 3. The molecule has 3 nitrogen and oxygen atoms in total. The van der Waals surface area contributed by atoms with Crippen LogP contribution < -0.4 is 10.1 Å². The number of aryl methyl sites for hydroxylation is 2. The normalized spacial score (nSPS) is 12.5. The number of rotatable bonds is 6. The van der Waals surface area contributed by atoms with Gasteiger partial charge in [0.1, 0.15) is 5.75 Å². The van der Waals surface area contributed by atoms with Crippen LogP contribution in [0.15, 0.2) is 48.5 Å². The SMILES string of the molecule is Cc1ccc(CCC(=O)NC(C)c2ccc(OC(F)(F)F)cc2)cc1. The van der Waals surface area contributed by atoms with E-state index in [1.54, 1.807) is 6.92 Å². The van der Waals surface area contributed by atoms with Crippen LogP contribution in [-0.4, -0.2) is 12.3 Å². The van der Waals surface area contributed by atoms with Crippen molar-refractivity contribution in [3.8, 4) is 5.75 Å². The van der Waals surface area contributed by atoms with E-state index in [9.17, 15) is 18.0 Å². The Morgan fingerprint density at radius 2 is 1.68 bits per heavy atom. The molecule has 0 bridgehead atoms. The number of carbonyl (C=O) groups excluding carboxylic acids is 1. The summed E-state index contributed by atoms with van der Waals surface area (Å²) in [5, 5.41) is 2.84. The maximum atomic E-state index is 12.1. The monoisotopic (exact) mass is 351 g/mol. The van der Waals surface area contributed by atoms with Gasteiger partial charge in [0.2, 0.25) is 5.91 Å². The number of benzene rings is 2. The van der Waals surface area contributed by atoms with E-state index in [0.29, 0.717) is 18.4 Å². The van der Waals surface area contributed by atoms with E-state index in [0.717, 1.165) is 5.56 Å². The molecule has 0 heterocycles. The predicted octanol–water partition coefficient (Wildman–Crippen LogP) is 4.70. The summed E-state index contributed by atoms with van der Waals surface area (Å²) in [5.74, 6) is -0.391. The van der Waals surface area contributed by atoms with Crippen molar-refractivity contribution >= 4 is 5.91 Å². The highest BCUT2D eigenvalue weighted by Gasteiger charge is 2.31. The van der Waals surface area contributed by atoms with Crippen molar-refractivity contribution in [1.29, 1.82) is 0 Å². The Balaban J connectivity index is 1.84. The molecule has 25 heavy (non-hydrogen) atoms. The van der Waals surface area contributed by atoms with Gasteiger partial charge in [-0.3, -0.25) is 4.79 Å². The third-order valence-electron chi connectivity index (χ3n) is 3.75. The van der Waals surface area contributed by atoms with Gasteiger partial charge in [-0.2, -0.15) is 0 Å². The number of carbonyl (C=O) groups is 1. The minimum atomic E-state index is -4.71. The van der Waals surface area contributed by atoms with Gasteiger partial charge in [-0.25, -0.2) is 0 Å². The van der Waals surface area contributed by atoms with Crippen molar-refractivity contribution in [1.82, 2.24) is 5.32 Å². The molecule has 1 N–H and O–H groups in total. The molecule has 0 radical (unpaired) electrons. The molecule has 0 saturated heterocycles. The summed E-state index contributed by atoms with van der Waals surface area (Å²) in [5.41, 5.74) is 2.96. The number of amides is 1. The molecule has 1 unspecified atom stereocenters. The third kappa shape index (κ3) is 6.49. The molecule has 134 valence electrons. The smallest absolute Gasteiger partial charge is 0.406 e. The first-order valence-electron chi connectivity index (χ1n) is 7.93. The lowest BCUT2D eigenvalue weighted by Crippen LogP contribution is -2.26. The van der Waals surface area contributed by atoms with Gasteiger partial charge in [0, 0.05) is 6.42 Å². The van der Waals surface area contributed by atoms with Gasteiger partial charge in [-0.15, -0.1) is 13.2 Å². The molecule has 1 atom stereocenters. The van der Waals surface area contributed by atoms with Crippen LogP contribution in [0.4, 0.5) is 13.2 Å². The Bertz CT molecular complexity index is 694. The molecule has 0 aliphatic rings. The highest BCUT2D eigenvalue weighted by Crippen LogP contribution is 2.24. The predicted molar refractivity (Wildman–Crippen MR) is 89.2 cm³/mol. The second-order valence-corrected chi connectivity index (χ2v) is 5.89. The standard InChI is InChI=1S/C19H20F3NO2/c1-13-3-5-15(6-4-13)7-12-18(24)23-14(2)16-8-10-17(11-9-16)25-19(20,21)22/h3-6,8-11,14H,7,12H2,1-2H3,(H,23,24). The summed E-state index contributed by atoms with van der Waals surface area (Å²) < 4.78 is 40.2. The first-order chi connectivity index (χ1) is 11.7. The second-order valence-electron chi connectivity index (χ2n) is 5.89. The summed E-state index contributed by atoms with van der Waals surface area (Å²) in [6.07, 6.45) is -3.73. The molecule has 2 aromatic carbocycles. The van der Waals surface area contributed by atoms with Crippen LogP contribution in [0.3, 0.4) is 0 Å². The van der Waals surface area contributed by atoms with E-state index in [1.807, 2.05) is 31.2 Å². The number of nitrogens with one attached hydrogen (secondary N) is 1. The molecular formula is C19H20F3NO2. The number of alkyl halides is 3. The van der Waals surface area contributed by atoms with Crippen LogP contribution in [0.2, 0.25) is 0 Å². The van der Waals surface area contributed by atoms with E-state index in [-0.39, 0.29) is 17.7 Å². The van der Waals surface area contributed by atoms with Gasteiger partial charge in [-0.1, -0.05) is 42.0 Å². The lowest BCUT2D eigenvalue weighted by molar-refractivity contribution is -0.274. The summed E-state index contributed by atoms with van der Waals surface area (Å²) in [6.45, 7) is 3.78. The van der Waals surface area contributed by atoms with Crippen molar-refractivity contribution in [2.45, 2.75) is 39.1 Å². The highest BCUT2D eigenvalue weighted by molar-refractivity contribution is 5.76. The Morgan fingerprint density at radius 3 is 2.24 bits per heavy atom. The van der Waals surface area contributed by atoms with Crippen LogP contribution in [0, 0.1) is 6.92 Å². The number of ether oxygens (including phenoxy) is 1. The minimum absolute atomic E-state index is 0.108. The van der Waals surface area contributed by atoms with Crippen molar-refractivity contribution in [2.75, 3.05) is 0 Å². The zero-order valence-electron chi connectivity index (χ0n) is 14.1. The summed E-state index contributed by atoms with van der Waals surface area (Å²) in [7, 11) is 0. The van der Waals surface area contributed by atoms with Gasteiger partial charge in [-0.05, 0) is 43.5 Å². The fourth-order valence-electron chi connectivity index (χ4n) is 2.37.